The highest BCUT2D eigenvalue weighted by atomic mass is 19.4. The maximum absolute atomic E-state index is 13.0. The standard InChI is InChI=1S/C14H11F7N4O/c1-7-9(6-25(24-7)5-4-15)22-12(26)8-2-3-10(13(16,17)18)23-11(8)14(19,20)21/h2-3,6H,4-5H2,1H3,(H,22,26). The van der Waals surface area contributed by atoms with Gasteiger partial charge in [-0.3, -0.25) is 9.48 Å². The quantitative estimate of drug-likeness (QED) is 0.815. The van der Waals surface area contributed by atoms with Gasteiger partial charge in [-0.1, -0.05) is 0 Å². The van der Waals surface area contributed by atoms with E-state index in [1.165, 1.54) is 13.1 Å². The Morgan fingerprint density at radius 2 is 1.81 bits per heavy atom. The molecule has 0 aromatic carbocycles. The van der Waals surface area contributed by atoms with Crippen molar-refractivity contribution in [1.29, 1.82) is 0 Å². The van der Waals surface area contributed by atoms with E-state index < -0.39 is 41.9 Å². The fourth-order valence-corrected chi connectivity index (χ4v) is 2.05. The third kappa shape index (κ3) is 4.29. The molecule has 2 rings (SSSR count). The van der Waals surface area contributed by atoms with Crippen molar-refractivity contribution in [3.8, 4) is 0 Å². The van der Waals surface area contributed by atoms with Crippen LogP contribution >= 0.6 is 0 Å². The molecular formula is C14H11F7N4O. The normalized spacial score (nSPS) is 12.3. The zero-order valence-corrected chi connectivity index (χ0v) is 13.0. The Bertz CT molecular complexity index is 811. The second-order valence-corrected chi connectivity index (χ2v) is 5.12. The Hall–Kier alpha value is -2.66. The fourth-order valence-electron chi connectivity index (χ4n) is 2.05. The summed E-state index contributed by atoms with van der Waals surface area (Å²) in [5.41, 5.74) is -4.62. The number of carbonyl (C=O) groups is 1. The van der Waals surface area contributed by atoms with Crippen molar-refractivity contribution in [2.24, 2.45) is 0 Å². The molecule has 26 heavy (non-hydrogen) atoms. The fraction of sp³-hybridized carbons (Fsp3) is 0.357. The molecule has 0 aliphatic carbocycles. The van der Waals surface area contributed by atoms with E-state index in [1.807, 2.05) is 0 Å². The number of halogens is 7. The lowest BCUT2D eigenvalue weighted by Gasteiger charge is -2.14. The lowest BCUT2D eigenvalue weighted by molar-refractivity contribution is -0.150. The van der Waals surface area contributed by atoms with Gasteiger partial charge in [-0.15, -0.1) is 0 Å². The van der Waals surface area contributed by atoms with E-state index in [9.17, 15) is 35.5 Å². The van der Waals surface area contributed by atoms with Gasteiger partial charge in [0, 0.05) is 6.20 Å². The second-order valence-electron chi connectivity index (χ2n) is 5.12. The third-order valence-electron chi connectivity index (χ3n) is 3.21. The first-order valence-electron chi connectivity index (χ1n) is 7.00. The molecule has 0 saturated heterocycles. The number of alkyl halides is 7. The van der Waals surface area contributed by atoms with Crippen molar-refractivity contribution in [1.82, 2.24) is 14.8 Å². The van der Waals surface area contributed by atoms with Gasteiger partial charge in [0.05, 0.1) is 23.5 Å². The molecule has 0 bridgehead atoms. The molecule has 2 aromatic rings. The number of pyridine rings is 1. The van der Waals surface area contributed by atoms with Crippen LogP contribution in [0.1, 0.15) is 27.4 Å². The number of carbonyl (C=O) groups excluding carboxylic acids is 1. The first-order valence-corrected chi connectivity index (χ1v) is 7.00. The van der Waals surface area contributed by atoms with E-state index in [-0.39, 0.29) is 24.0 Å². The number of hydrogen-bond acceptors (Lipinski definition) is 3. The predicted molar refractivity (Wildman–Crippen MR) is 75.1 cm³/mol. The largest absolute Gasteiger partial charge is 0.434 e. The summed E-state index contributed by atoms with van der Waals surface area (Å²) < 4.78 is 90.3. The van der Waals surface area contributed by atoms with Crippen molar-refractivity contribution in [2.45, 2.75) is 25.8 Å². The Morgan fingerprint density at radius 3 is 2.35 bits per heavy atom. The Kier molecular flexibility index (Phi) is 5.23. The summed E-state index contributed by atoms with van der Waals surface area (Å²) >= 11 is 0. The van der Waals surface area contributed by atoms with Gasteiger partial charge in [0.2, 0.25) is 0 Å². The molecule has 0 radical (unpaired) electrons. The van der Waals surface area contributed by atoms with E-state index in [2.05, 4.69) is 15.4 Å². The zero-order valence-electron chi connectivity index (χ0n) is 13.0. The molecule has 12 heteroatoms. The third-order valence-corrected chi connectivity index (χ3v) is 3.21. The summed E-state index contributed by atoms with van der Waals surface area (Å²) in [6, 6.07) is 0.679. The van der Waals surface area contributed by atoms with Crippen molar-refractivity contribution in [3.63, 3.8) is 0 Å². The predicted octanol–water partition coefficient (Wildman–Crippen LogP) is 3.85. The van der Waals surface area contributed by atoms with Crippen LogP contribution in [0.2, 0.25) is 0 Å². The van der Waals surface area contributed by atoms with E-state index >= 15 is 0 Å². The van der Waals surface area contributed by atoms with Crippen LogP contribution in [0.15, 0.2) is 18.3 Å². The van der Waals surface area contributed by atoms with E-state index in [1.54, 1.807) is 0 Å². The minimum absolute atomic E-state index is 0.00327. The average Bonchev–Trinajstić information content (AvgIpc) is 2.85. The number of amides is 1. The van der Waals surface area contributed by atoms with Crippen LogP contribution in [0.4, 0.5) is 36.4 Å². The van der Waals surface area contributed by atoms with Crippen molar-refractivity contribution < 1.29 is 35.5 Å². The summed E-state index contributed by atoms with van der Waals surface area (Å²) in [6.07, 6.45) is -9.18. The molecule has 0 fully saturated rings. The van der Waals surface area contributed by atoms with Gasteiger partial charge in [-0.2, -0.15) is 31.4 Å². The number of nitrogens with one attached hydrogen (secondary N) is 1. The highest BCUT2D eigenvalue weighted by Gasteiger charge is 2.41. The molecule has 0 aliphatic heterocycles. The van der Waals surface area contributed by atoms with Crippen LogP contribution in [0.25, 0.3) is 0 Å². The van der Waals surface area contributed by atoms with Gasteiger partial charge in [0.25, 0.3) is 5.91 Å². The monoisotopic (exact) mass is 384 g/mol. The highest BCUT2D eigenvalue weighted by Crippen LogP contribution is 2.35. The lowest BCUT2D eigenvalue weighted by atomic mass is 10.1. The summed E-state index contributed by atoms with van der Waals surface area (Å²) in [6.45, 7) is 0.530. The van der Waals surface area contributed by atoms with E-state index in [0.29, 0.717) is 6.07 Å². The second kappa shape index (κ2) is 6.92. The summed E-state index contributed by atoms with van der Waals surface area (Å²) in [5, 5.41) is 5.95. The molecule has 1 N–H and O–H groups in total. The zero-order chi connectivity index (χ0) is 19.7. The molecule has 2 heterocycles. The van der Waals surface area contributed by atoms with Gasteiger partial charge in [0.1, 0.15) is 12.4 Å². The minimum Gasteiger partial charge on any atom is -0.319 e. The van der Waals surface area contributed by atoms with E-state index in [4.69, 9.17) is 0 Å². The van der Waals surface area contributed by atoms with Crippen LogP contribution < -0.4 is 5.32 Å². The molecule has 142 valence electrons. The first kappa shape index (κ1) is 19.7. The van der Waals surface area contributed by atoms with Crippen molar-refractivity contribution >= 4 is 11.6 Å². The SMILES string of the molecule is Cc1nn(CCF)cc1NC(=O)c1ccc(C(F)(F)F)nc1C(F)(F)F. The molecule has 0 saturated carbocycles. The van der Waals surface area contributed by atoms with Crippen molar-refractivity contribution in [2.75, 3.05) is 12.0 Å². The van der Waals surface area contributed by atoms with Crippen LogP contribution in [-0.2, 0) is 18.9 Å². The van der Waals surface area contributed by atoms with Gasteiger partial charge < -0.3 is 5.32 Å². The average molecular weight is 384 g/mol. The van der Waals surface area contributed by atoms with Crippen LogP contribution in [-0.4, -0.2) is 27.3 Å². The number of aromatic nitrogens is 3. The highest BCUT2D eigenvalue weighted by molar-refractivity contribution is 6.05. The topological polar surface area (TPSA) is 59.8 Å². The molecular weight excluding hydrogens is 373 g/mol. The maximum Gasteiger partial charge on any atom is 0.434 e. The lowest BCUT2D eigenvalue weighted by Crippen LogP contribution is -2.22. The number of nitrogens with zero attached hydrogens (tertiary/aromatic N) is 3. The molecule has 0 spiro atoms. The summed E-state index contributed by atoms with van der Waals surface area (Å²) in [5.74, 6) is -1.32. The molecule has 0 atom stereocenters. The molecule has 5 nitrogen and oxygen atoms in total. The maximum atomic E-state index is 13.0. The summed E-state index contributed by atoms with van der Waals surface area (Å²) in [4.78, 5) is 14.7. The van der Waals surface area contributed by atoms with Gasteiger partial charge in [-0.05, 0) is 19.1 Å². The van der Waals surface area contributed by atoms with Crippen LogP contribution in [0, 0.1) is 6.92 Å². The Morgan fingerprint density at radius 1 is 1.15 bits per heavy atom. The van der Waals surface area contributed by atoms with Crippen LogP contribution in [0.3, 0.4) is 0 Å². The van der Waals surface area contributed by atoms with Gasteiger partial charge in [0.15, 0.2) is 5.69 Å². The minimum atomic E-state index is -5.28. The molecule has 0 aliphatic rings. The number of aryl methyl sites for hydroxylation is 2. The van der Waals surface area contributed by atoms with Crippen LogP contribution in [0.5, 0.6) is 0 Å². The molecule has 2 aromatic heterocycles. The Labute approximate surface area is 141 Å². The van der Waals surface area contributed by atoms with Crippen molar-refractivity contribution in [3.05, 3.63) is 41.0 Å². The number of hydrogen-bond donors (Lipinski definition) is 1. The Balaban J connectivity index is 2.39. The van der Waals surface area contributed by atoms with Gasteiger partial charge in [-0.25, -0.2) is 9.37 Å². The first-order chi connectivity index (χ1) is 11.9. The van der Waals surface area contributed by atoms with E-state index in [0.717, 1.165) is 4.68 Å². The molecule has 0 unspecified atom stereocenters. The number of rotatable bonds is 4. The number of anilines is 1. The van der Waals surface area contributed by atoms with Gasteiger partial charge >= 0.3 is 12.4 Å². The molecule has 1 amide bonds. The summed E-state index contributed by atoms with van der Waals surface area (Å²) in [7, 11) is 0. The smallest absolute Gasteiger partial charge is 0.319 e.